The molecule has 34 heavy (non-hydrogen) atoms. The van der Waals surface area contributed by atoms with Crippen molar-refractivity contribution in [2.75, 3.05) is 45.1 Å². The van der Waals surface area contributed by atoms with Crippen molar-refractivity contribution in [3.05, 3.63) is 54.6 Å². The average molecular weight is 477 g/mol. The summed E-state index contributed by atoms with van der Waals surface area (Å²) in [5, 5.41) is 10.3. The van der Waals surface area contributed by atoms with E-state index in [0.717, 1.165) is 67.1 Å². The molecule has 1 fully saturated rings. The van der Waals surface area contributed by atoms with E-state index >= 15 is 0 Å². The number of hydrogen-bond acceptors (Lipinski definition) is 7. The molecule has 1 saturated heterocycles. The fourth-order valence-corrected chi connectivity index (χ4v) is 5.00. The number of fused-ring (bicyclic) bond motifs is 3. The van der Waals surface area contributed by atoms with Crippen molar-refractivity contribution in [2.24, 2.45) is 0 Å². The smallest absolute Gasteiger partial charge is 0.233 e. The number of nitrogens with zero attached hydrogens (tertiary/aromatic N) is 6. The Morgan fingerprint density at radius 2 is 1.76 bits per heavy atom. The molecule has 0 atom stereocenters. The molecule has 3 heterocycles. The van der Waals surface area contributed by atoms with Crippen LogP contribution < -0.4 is 4.74 Å². The van der Waals surface area contributed by atoms with E-state index in [1.54, 1.807) is 0 Å². The van der Waals surface area contributed by atoms with Gasteiger partial charge in [-0.3, -0.25) is 9.69 Å². The number of rotatable bonds is 8. The van der Waals surface area contributed by atoms with Crippen molar-refractivity contribution in [2.45, 2.75) is 18.6 Å². The molecule has 0 spiro atoms. The molecule has 1 amide bonds. The molecule has 0 unspecified atom stereocenters. The minimum atomic E-state index is 0.116. The van der Waals surface area contributed by atoms with E-state index in [-0.39, 0.29) is 5.91 Å². The maximum absolute atomic E-state index is 12.8. The van der Waals surface area contributed by atoms with Gasteiger partial charge in [0.1, 0.15) is 17.9 Å². The first-order valence-corrected chi connectivity index (χ1v) is 12.6. The first kappa shape index (κ1) is 22.6. The highest BCUT2D eigenvalue weighted by molar-refractivity contribution is 7.99. The molecule has 0 N–H and O–H groups in total. The molecular formula is C25H28N6O2S. The lowest BCUT2D eigenvalue weighted by Crippen LogP contribution is -2.50. The largest absolute Gasteiger partial charge is 0.492 e. The number of thioether (sulfide) groups is 1. The number of carbonyl (C=O) groups excluding carboxylic acids is 1. The van der Waals surface area contributed by atoms with Crippen LogP contribution >= 0.6 is 11.8 Å². The SMILES string of the molecule is CCn1c2ccccc2c2nnc(SCC(=O)N3CCN(CCOc4ccccc4)CC3)nc21. The van der Waals surface area contributed by atoms with Crippen LogP contribution in [0.2, 0.25) is 0 Å². The topological polar surface area (TPSA) is 76.4 Å². The summed E-state index contributed by atoms with van der Waals surface area (Å²) >= 11 is 1.36. The first-order chi connectivity index (χ1) is 16.7. The summed E-state index contributed by atoms with van der Waals surface area (Å²) < 4.78 is 7.93. The van der Waals surface area contributed by atoms with Gasteiger partial charge in [-0.25, -0.2) is 4.98 Å². The van der Waals surface area contributed by atoms with Crippen LogP contribution in [0.3, 0.4) is 0 Å². The molecule has 4 aromatic rings. The molecule has 1 aliphatic heterocycles. The third kappa shape index (κ3) is 4.85. The van der Waals surface area contributed by atoms with E-state index in [1.165, 1.54) is 11.8 Å². The summed E-state index contributed by atoms with van der Waals surface area (Å²) in [4.78, 5) is 21.8. The highest BCUT2D eigenvalue weighted by Gasteiger charge is 2.22. The lowest BCUT2D eigenvalue weighted by atomic mass is 10.2. The second-order valence-electron chi connectivity index (χ2n) is 8.20. The summed E-state index contributed by atoms with van der Waals surface area (Å²) in [5.41, 5.74) is 2.73. The van der Waals surface area contributed by atoms with Crippen molar-refractivity contribution in [3.63, 3.8) is 0 Å². The van der Waals surface area contributed by atoms with Crippen LogP contribution in [0.4, 0.5) is 0 Å². The van der Waals surface area contributed by atoms with Crippen molar-refractivity contribution in [3.8, 4) is 5.75 Å². The Hall–Kier alpha value is -3.17. The molecule has 0 aliphatic carbocycles. The zero-order chi connectivity index (χ0) is 23.3. The summed E-state index contributed by atoms with van der Waals surface area (Å²) in [6.07, 6.45) is 0. The number of aromatic nitrogens is 4. The second kappa shape index (κ2) is 10.4. The van der Waals surface area contributed by atoms with E-state index in [9.17, 15) is 4.79 Å². The highest BCUT2D eigenvalue weighted by Crippen LogP contribution is 2.27. The number of carbonyl (C=O) groups is 1. The fourth-order valence-electron chi connectivity index (χ4n) is 4.32. The van der Waals surface area contributed by atoms with Gasteiger partial charge in [0.15, 0.2) is 5.65 Å². The van der Waals surface area contributed by atoms with Gasteiger partial charge in [-0.1, -0.05) is 48.2 Å². The zero-order valence-corrected chi connectivity index (χ0v) is 20.1. The predicted molar refractivity (Wildman–Crippen MR) is 134 cm³/mol. The maximum atomic E-state index is 12.8. The van der Waals surface area contributed by atoms with Crippen LogP contribution in [-0.2, 0) is 11.3 Å². The average Bonchev–Trinajstić information content (AvgIpc) is 3.21. The van der Waals surface area contributed by atoms with Crippen molar-refractivity contribution in [1.29, 1.82) is 0 Å². The van der Waals surface area contributed by atoms with Crippen LogP contribution in [0.15, 0.2) is 59.8 Å². The van der Waals surface area contributed by atoms with Gasteiger partial charge in [0.2, 0.25) is 11.1 Å². The summed E-state index contributed by atoms with van der Waals surface area (Å²) in [7, 11) is 0. The third-order valence-electron chi connectivity index (χ3n) is 6.14. The minimum absolute atomic E-state index is 0.116. The summed E-state index contributed by atoms with van der Waals surface area (Å²) in [6, 6.07) is 18.0. The number of ether oxygens (including phenoxy) is 1. The van der Waals surface area contributed by atoms with Gasteiger partial charge in [0.05, 0.1) is 11.3 Å². The highest BCUT2D eigenvalue weighted by atomic mass is 32.2. The van der Waals surface area contributed by atoms with Crippen LogP contribution in [0.25, 0.3) is 22.1 Å². The molecule has 1 aliphatic rings. The van der Waals surface area contributed by atoms with E-state index in [0.29, 0.717) is 17.5 Å². The van der Waals surface area contributed by atoms with Gasteiger partial charge < -0.3 is 14.2 Å². The Morgan fingerprint density at radius 3 is 2.56 bits per heavy atom. The van der Waals surface area contributed by atoms with Gasteiger partial charge in [-0.2, -0.15) is 0 Å². The number of aryl methyl sites for hydroxylation is 1. The molecule has 9 heteroatoms. The van der Waals surface area contributed by atoms with Crippen molar-refractivity contribution < 1.29 is 9.53 Å². The van der Waals surface area contributed by atoms with Gasteiger partial charge in [-0.15, -0.1) is 10.2 Å². The third-order valence-corrected chi connectivity index (χ3v) is 6.96. The Labute approximate surface area is 202 Å². The molecule has 0 bridgehead atoms. The van der Waals surface area contributed by atoms with Gasteiger partial charge in [-0.05, 0) is 25.1 Å². The lowest BCUT2D eigenvalue weighted by molar-refractivity contribution is -0.130. The molecule has 0 saturated carbocycles. The molecular weight excluding hydrogens is 448 g/mol. The van der Waals surface area contributed by atoms with Crippen LogP contribution in [-0.4, -0.2) is 80.5 Å². The number of para-hydroxylation sites is 2. The van der Waals surface area contributed by atoms with Gasteiger partial charge >= 0.3 is 0 Å². The van der Waals surface area contributed by atoms with Crippen LogP contribution in [0.5, 0.6) is 5.75 Å². The normalized spacial score (nSPS) is 14.7. The Bertz CT molecular complexity index is 1270. The first-order valence-electron chi connectivity index (χ1n) is 11.7. The van der Waals surface area contributed by atoms with E-state index in [2.05, 4.69) is 32.7 Å². The Morgan fingerprint density at radius 1 is 1.00 bits per heavy atom. The fraction of sp³-hybridized carbons (Fsp3) is 0.360. The summed E-state index contributed by atoms with van der Waals surface area (Å²) in [5.74, 6) is 1.32. The van der Waals surface area contributed by atoms with E-state index in [1.807, 2.05) is 53.4 Å². The standard InChI is InChI=1S/C25H28N6O2S/c1-2-31-21-11-7-6-10-20(21)23-24(31)26-25(28-27-23)34-18-22(32)30-14-12-29(13-15-30)16-17-33-19-8-4-3-5-9-19/h3-11H,2,12-18H2,1H3. The number of hydrogen-bond donors (Lipinski definition) is 0. The number of benzene rings is 2. The maximum Gasteiger partial charge on any atom is 0.233 e. The van der Waals surface area contributed by atoms with Crippen molar-refractivity contribution >= 4 is 39.7 Å². The van der Waals surface area contributed by atoms with Crippen LogP contribution in [0.1, 0.15) is 6.92 Å². The van der Waals surface area contributed by atoms with E-state index < -0.39 is 0 Å². The Balaban J connectivity index is 1.13. The van der Waals surface area contributed by atoms with Crippen LogP contribution in [0, 0.1) is 0 Å². The molecule has 5 rings (SSSR count). The number of piperazine rings is 1. The van der Waals surface area contributed by atoms with Crippen molar-refractivity contribution in [1.82, 2.24) is 29.5 Å². The second-order valence-corrected chi connectivity index (χ2v) is 9.14. The molecule has 176 valence electrons. The zero-order valence-electron chi connectivity index (χ0n) is 19.3. The number of amides is 1. The predicted octanol–water partition coefficient (Wildman–Crippen LogP) is 3.31. The molecule has 0 radical (unpaired) electrons. The molecule has 2 aromatic heterocycles. The lowest BCUT2D eigenvalue weighted by Gasteiger charge is -2.34. The molecule has 2 aromatic carbocycles. The summed E-state index contributed by atoms with van der Waals surface area (Å²) in [6.45, 7) is 7.57. The van der Waals surface area contributed by atoms with Gasteiger partial charge in [0, 0.05) is 44.7 Å². The Kier molecular flexibility index (Phi) is 6.92. The monoisotopic (exact) mass is 476 g/mol. The minimum Gasteiger partial charge on any atom is -0.492 e. The van der Waals surface area contributed by atoms with Gasteiger partial charge in [0.25, 0.3) is 0 Å². The molecule has 8 nitrogen and oxygen atoms in total. The van der Waals surface area contributed by atoms with E-state index in [4.69, 9.17) is 9.72 Å². The quantitative estimate of drug-likeness (QED) is 0.361.